The summed E-state index contributed by atoms with van der Waals surface area (Å²) < 4.78 is 20.2. The molecule has 2 aromatic carbocycles. The van der Waals surface area contributed by atoms with Gasteiger partial charge in [-0.15, -0.1) is 0 Å². The number of nitrogen functional groups attached to an aromatic ring is 1. The summed E-state index contributed by atoms with van der Waals surface area (Å²) in [6, 6.07) is 10.9. The van der Waals surface area contributed by atoms with Crippen LogP contribution in [-0.2, 0) is 6.54 Å². The first-order valence-electron chi connectivity index (χ1n) is 12.5. The van der Waals surface area contributed by atoms with E-state index in [9.17, 15) is 9.18 Å². The number of aryl methyl sites for hydroxylation is 2. The van der Waals surface area contributed by atoms with Crippen LogP contribution in [0.4, 0.5) is 37.8 Å². The van der Waals surface area contributed by atoms with Gasteiger partial charge in [-0.3, -0.25) is 4.90 Å². The molecule has 10 nitrogen and oxygen atoms in total. The summed E-state index contributed by atoms with van der Waals surface area (Å²) in [5, 5.41) is 4.05. The molecule has 2 aromatic heterocycles. The quantitative estimate of drug-likeness (QED) is 0.333. The molecule has 1 fully saturated rings. The van der Waals surface area contributed by atoms with Crippen LogP contribution < -0.4 is 25.6 Å². The Balaban J connectivity index is 1.49. The third kappa shape index (κ3) is 4.95. The second kappa shape index (κ2) is 10.2. The molecule has 11 heteroatoms. The smallest absolute Gasteiger partial charge is 0.324 e. The van der Waals surface area contributed by atoms with E-state index < -0.39 is 0 Å². The van der Waals surface area contributed by atoms with Gasteiger partial charge in [0.1, 0.15) is 23.1 Å². The molecule has 0 aliphatic carbocycles. The van der Waals surface area contributed by atoms with Gasteiger partial charge in [0.2, 0.25) is 5.88 Å². The fraction of sp³-hybridized carbons (Fsp3) is 0.286. The Hall–Kier alpha value is -4.67. The van der Waals surface area contributed by atoms with Crippen LogP contribution in [0.1, 0.15) is 17.0 Å². The van der Waals surface area contributed by atoms with Crippen molar-refractivity contribution >= 4 is 45.5 Å². The van der Waals surface area contributed by atoms with Crippen LogP contribution in [0, 0.1) is 19.7 Å². The molecular formula is C28H31FN8O2. The summed E-state index contributed by atoms with van der Waals surface area (Å²) in [4.78, 5) is 31.6. The van der Waals surface area contributed by atoms with Crippen molar-refractivity contribution < 1.29 is 13.9 Å². The number of hydrogen-bond donors (Lipinski definition) is 2. The summed E-state index contributed by atoms with van der Waals surface area (Å²) in [6.07, 6.45) is 1.70. The fourth-order valence-corrected chi connectivity index (χ4v) is 4.74. The van der Waals surface area contributed by atoms with Crippen molar-refractivity contribution in [2.45, 2.75) is 20.4 Å². The second-order valence-electron chi connectivity index (χ2n) is 9.62. The zero-order valence-electron chi connectivity index (χ0n) is 22.6. The first-order valence-corrected chi connectivity index (χ1v) is 12.5. The second-order valence-corrected chi connectivity index (χ2v) is 9.62. The van der Waals surface area contributed by atoms with Crippen LogP contribution in [0.5, 0.6) is 5.88 Å². The number of amides is 2. The van der Waals surface area contributed by atoms with E-state index in [0.717, 1.165) is 22.3 Å². The van der Waals surface area contributed by atoms with Gasteiger partial charge < -0.3 is 25.6 Å². The molecule has 1 saturated heterocycles. The van der Waals surface area contributed by atoms with Crippen molar-refractivity contribution in [3.8, 4) is 5.88 Å². The number of nitrogens with two attached hydrogens (primary N) is 1. The van der Waals surface area contributed by atoms with E-state index in [-0.39, 0.29) is 18.4 Å². The molecule has 0 spiro atoms. The molecule has 3 N–H and O–H groups in total. The van der Waals surface area contributed by atoms with Crippen molar-refractivity contribution in [1.29, 1.82) is 0 Å². The third-order valence-corrected chi connectivity index (χ3v) is 6.88. The molecular weight excluding hydrogens is 499 g/mol. The lowest BCUT2D eigenvalue weighted by Gasteiger charge is -2.24. The van der Waals surface area contributed by atoms with Crippen molar-refractivity contribution in [2.24, 2.45) is 0 Å². The van der Waals surface area contributed by atoms with E-state index in [0.29, 0.717) is 53.1 Å². The number of hydrogen-bond acceptors (Lipinski definition) is 8. The third-order valence-electron chi connectivity index (χ3n) is 6.88. The summed E-state index contributed by atoms with van der Waals surface area (Å²) in [5.41, 5.74) is 10.4. The zero-order chi connectivity index (χ0) is 27.8. The van der Waals surface area contributed by atoms with E-state index in [2.05, 4.69) is 20.3 Å². The monoisotopic (exact) mass is 530 g/mol. The van der Waals surface area contributed by atoms with Crippen molar-refractivity contribution in [2.75, 3.05) is 55.1 Å². The Morgan fingerprint density at radius 3 is 2.64 bits per heavy atom. The van der Waals surface area contributed by atoms with Crippen LogP contribution in [0.15, 0.2) is 42.6 Å². The highest BCUT2D eigenvalue weighted by Crippen LogP contribution is 2.35. The van der Waals surface area contributed by atoms with E-state index in [1.54, 1.807) is 42.1 Å². The predicted octanol–water partition coefficient (Wildman–Crippen LogP) is 4.62. The lowest BCUT2D eigenvalue weighted by Crippen LogP contribution is -2.29. The minimum absolute atomic E-state index is 0.101. The van der Waals surface area contributed by atoms with Gasteiger partial charge in [0.15, 0.2) is 0 Å². The van der Waals surface area contributed by atoms with Gasteiger partial charge in [-0.25, -0.2) is 24.1 Å². The minimum Gasteiger partial charge on any atom is -0.480 e. The summed E-state index contributed by atoms with van der Waals surface area (Å²) in [6.45, 7) is 4.90. The largest absolute Gasteiger partial charge is 0.480 e. The average Bonchev–Trinajstić information content (AvgIpc) is 3.26. The van der Waals surface area contributed by atoms with Gasteiger partial charge in [0.25, 0.3) is 0 Å². The Bertz CT molecular complexity index is 1580. The number of halogens is 1. The van der Waals surface area contributed by atoms with Gasteiger partial charge in [0.05, 0.1) is 24.5 Å². The summed E-state index contributed by atoms with van der Waals surface area (Å²) in [5.74, 6) is 1.28. The number of pyridine rings is 1. The molecule has 0 atom stereocenters. The zero-order valence-corrected chi connectivity index (χ0v) is 22.6. The molecule has 0 bridgehead atoms. The maximum absolute atomic E-state index is 14.7. The van der Waals surface area contributed by atoms with Crippen LogP contribution in [0.25, 0.3) is 10.9 Å². The molecule has 0 saturated carbocycles. The first-order chi connectivity index (χ1) is 18.7. The van der Waals surface area contributed by atoms with Crippen molar-refractivity contribution in [1.82, 2.24) is 19.9 Å². The number of carbonyl (C=O) groups excluding carboxylic acids is 1. The SMILES string of the molecule is COc1ncc(N(C)c2ccc3nc(C)nc(NCc4cc(N)cc(C)c4F)c3c2)cc1N1CCN(C)C1=O. The number of urea groups is 1. The van der Waals surface area contributed by atoms with Crippen molar-refractivity contribution in [3.05, 3.63) is 65.4 Å². The van der Waals surface area contributed by atoms with Crippen LogP contribution in [-0.4, -0.2) is 60.2 Å². The molecule has 2 amide bonds. The van der Waals surface area contributed by atoms with Crippen molar-refractivity contribution in [3.63, 3.8) is 0 Å². The molecule has 3 heterocycles. The van der Waals surface area contributed by atoms with E-state index in [4.69, 9.17) is 10.5 Å². The number of ether oxygens (including phenoxy) is 1. The number of aromatic nitrogens is 3. The molecule has 0 radical (unpaired) electrons. The number of methoxy groups -OCH3 is 1. The molecule has 1 aliphatic heterocycles. The Morgan fingerprint density at radius 2 is 1.92 bits per heavy atom. The lowest BCUT2D eigenvalue weighted by atomic mass is 10.1. The topological polar surface area (TPSA) is 113 Å². The maximum Gasteiger partial charge on any atom is 0.324 e. The fourth-order valence-electron chi connectivity index (χ4n) is 4.74. The molecule has 5 rings (SSSR count). The number of anilines is 5. The number of likely N-dealkylation sites (N-methyl/N-ethyl adjacent to an activating group) is 1. The maximum atomic E-state index is 14.7. The average molecular weight is 531 g/mol. The standard InChI is InChI=1S/C28H31FN8O2/c1-16-10-19(30)11-18(25(16)29)14-31-26-22-12-20(6-7-23(22)33-17(2)34-26)36(4)21-13-24(27(39-5)32-15-21)37-9-8-35(3)28(37)38/h6-7,10-13,15H,8-9,14,30H2,1-5H3,(H,31,33,34). The van der Waals surface area contributed by atoms with Crippen LogP contribution in [0.2, 0.25) is 0 Å². The molecule has 1 aliphatic rings. The first kappa shape index (κ1) is 26.0. The predicted molar refractivity (Wildman–Crippen MR) is 151 cm³/mol. The number of nitrogens with zero attached hydrogens (tertiary/aromatic N) is 6. The number of nitrogens with one attached hydrogen (secondary N) is 1. The normalized spacial score (nSPS) is 13.3. The van der Waals surface area contributed by atoms with Gasteiger partial charge in [-0.05, 0) is 55.8 Å². The van der Waals surface area contributed by atoms with Gasteiger partial charge >= 0.3 is 6.03 Å². The molecule has 4 aromatic rings. The van der Waals surface area contributed by atoms with Gasteiger partial charge in [0, 0.05) is 56.1 Å². The Kier molecular flexibility index (Phi) is 6.81. The highest BCUT2D eigenvalue weighted by Gasteiger charge is 2.30. The van der Waals surface area contributed by atoms with E-state index >= 15 is 0 Å². The van der Waals surface area contributed by atoms with E-state index in [1.807, 2.05) is 43.1 Å². The highest BCUT2D eigenvalue weighted by molar-refractivity contribution is 5.96. The summed E-state index contributed by atoms with van der Waals surface area (Å²) in [7, 11) is 5.22. The molecule has 0 unspecified atom stereocenters. The van der Waals surface area contributed by atoms with Crippen LogP contribution >= 0.6 is 0 Å². The Morgan fingerprint density at radius 1 is 1.13 bits per heavy atom. The Labute approximate surface area is 226 Å². The van der Waals surface area contributed by atoms with Gasteiger partial charge in [-0.2, -0.15) is 0 Å². The van der Waals surface area contributed by atoms with Gasteiger partial charge in [-0.1, -0.05) is 0 Å². The number of benzene rings is 2. The minimum atomic E-state index is -0.294. The lowest BCUT2D eigenvalue weighted by molar-refractivity contribution is 0.229. The highest BCUT2D eigenvalue weighted by atomic mass is 19.1. The number of carbonyl (C=O) groups is 1. The summed E-state index contributed by atoms with van der Waals surface area (Å²) >= 11 is 0. The number of fused-ring (bicyclic) bond motifs is 1. The molecule has 39 heavy (non-hydrogen) atoms. The number of rotatable bonds is 7. The van der Waals surface area contributed by atoms with E-state index in [1.165, 1.54) is 7.11 Å². The molecule has 202 valence electrons. The van der Waals surface area contributed by atoms with Crippen LogP contribution in [0.3, 0.4) is 0 Å².